The molecular weight excluding hydrogens is 328 g/mol. The molecule has 3 aromatic rings. The third kappa shape index (κ3) is 3.22. The molecule has 0 aliphatic heterocycles. The number of rotatable bonds is 4. The van der Waals surface area contributed by atoms with Crippen molar-refractivity contribution >= 4 is 22.5 Å². The number of carbonyl (C=O) groups is 1. The van der Waals surface area contributed by atoms with Gasteiger partial charge >= 0.3 is 0 Å². The fourth-order valence-corrected chi connectivity index (χ4v) is 3.49. The van der Waals surface area contributed by atoms with Crippen LogP contribution >= 0.6 is 0 Å². The standard InChI is InChI=1S/C20H20N4O2/c25-19(21-17-11-5-7-14-6-1-2-8-15(14)17)12-13-24-20(26)16-9-3-4-10-18(16)22-23-24/h3-5,7,9-11H,1-2,6,8,12-13H2,(H,21,25). The summed E-state index contributed by atoms with van der Waals surface area (Å²) in [6.07, 6.45) is 4.61. The summed E-state index contributed by atoms with van der Waals surface area (Å²) in [4.78, 5) is 24.8. The Labute approximate surface area is 150 Å². The molecule has 26 heavy (non-hydrogen) atoms. The van der Waals surface area contributed by atoms with Gasteiger partial charge in [-0.3, -0.25) is 9.59 Å². The van der Waals surface area contributed by atoms with Gasteiger partial charge in [0.05, 0.1) is 11.9 Å². The highest BCUT2D eigenvalue weighted by Gasteiger charge is 2.15. The number of benzene rings is 2. The van der Waals surface area contributed by atoms with Crippen molar-refractivity contribution in [2.24, 2.45) is 0 Å². The number of nitrogens with one attached hydrogen (secondary N) is 1. The molecule has 0 atom stereocenters. The second-order valence-electron chi connectivity index (χ2n) is 6.58. The van der Waals surface area contributed by atoms with Crippen LogP contribution in [0.5, 0.6) is 0 Å². The van der Waals surface area contributed by atoms with Gasteiger partial charge in [0.2, 0.25) is 5.91 Å². The first-order chi connectivity index (χ1) is 12.7. The van der Waals surface area contributed by atoms with E-state index in [0.717, 1.165) is 24.9 Å². The maximum absolute atomic E-state index is 12.4. The molecule has 1 heterocycles. The Bertz CT molecular complexity index is 1030. The summed E-state index contributed by atoms with van der Waals surface area (Å²) in [6, 6.07) is 13.1. The zero-order valence-corrected chi connectivity index (χ0v) is 14.4. The van der Waals surface area contributed by atoms with Crippen LogP contribution in [-0.2, 0) is 24.2 Å². The Morgan fingerprint density at radius 2 is 1.92 bits per heavy atom. The third-order valence-electron chi connectivity index (χ3n) is 4.85. The molecule has 6 nitrogen and oxygen atoms in total. The van der Waals surface area contributed by atoms with Crippen molar-refractivity contribution in [2.75, 3.05) is 5.32 Å². The van der Waals surface area contributed by atoms with Crippen molar-refractivity contribution in [3.8, 4) is 0 Å². The molecule has 132 valence electrons. The highest BCUT2D eigenvalue weighted by Crippen LogP contribution is 2.27. The first-order valence-corrected chi connectivity index (χ1v) is 8.95. The van der Waals surface area contributed by atoms with Crippen molar-refractivity contribution in [1.29, 1.82) is 0 Å². The Morgan fingerprint density at radius 1 is 1.08 bits per heavy atom. The smallest absolute Gasteiger partial charge is 0.277 e. The van der Waals surface area contributed by atoms with E-state index in [9.17, 15) is 9.59 Å². The summed E-state index contributed by atoms with van der Waals surface area (Å²) >= 11 is 0. The maximum Gasteiger partial charge on any atom is 0.277 e. The topological polar surface area (TPSA) is 76.9 Å². The minimum atomic E-state index is -0.222. The van der Waals surface area contributed by atoms with Crippen LogP contribution in [0, 0.1) is 0 Å². The number of fused-ring (bicyclic) bond motifs is 2. The number of amides is 1. The van der Waals surface area contributed by atoms with Crippen LogP contribution in [-0.4, -0.2) is 20.9 Å². The molecule has 1 aliphatic rings. The predicted molar refractivity (Wildman–Crippen MR) is 100 cm³/mol. The summed E-state index contributed by atoms with van der Waals surface area (Å²) in [5, 5.41) is 11.5. The SMILES string of the molecule is O=C(CCn1nnc2ccccc2c1=O)Nc1cccc2c1CCCC2. The minimum Gasteiger partial charge on any atom is -0.326 e. The summed E-state index contributed by atoms with van der Waals surface area (Å²) in [6.45, 7) is 0.206. The third-order valence-corrected chi connectivity index (χ3v) is 4.85. The first kappa shape index (κ1) is 16.4. The Balaban J connectivity index is 1.47. The summed E-state index contributed by atoms with van der Waals surface area (Å²) in [5.74, 6) is -0.120. The molecule has 2 aromatic carbocycles. The number of aryl methyl sites for hydroxylation is 2. The first-order valence-electron chi connectivity index (χ1n) is 8.95. The van der Waals surface area contributed by atoms with Gasteiger partial charge in [-0.2, -0.15) is 0 Å². The van der Waals surface area contributed by atoms with E-state index in [1.54, 1.807) is 18.2 Å². The summed E-state index contributed by atoms with van der Waals surface area (Å²) < 4.78 is 1.25. The van der Waals surface area contributed by atoms with Crippen LogP contribution in [0.25, 0.3) is 10.9 Å². The van der Waals surface area contributed by atoms with E-state index in [4.69, 9.17) is 0 Å². The molecule has 1 N–H and O–H groups in total. The van der Waals surface area contributed by atoms with Crippen LogP contribution < -0.4 is 10.9 Å². The average Bonchev–Trinajstić information content (AvgIpc) is 2.68. The highest BCUT2D eigenvalue weighted by atomic mass is 16.2. The van der Waals surface area contributed by atoms with Crippen LogP contribution in [0.1, 0.15) is 30.4 Å². The average molecular weight is 348 g/mol. The molecule has 0 radical (unpaired) electrons. The Morgan fingerprint density at radius 3 is 2.85 bits per heavy atom. The van der Waals surface area contributed by atoms with Crippen molar-refractivity contribution in [1.82, 2.24) is 15.0 Å². The minimum absolute atomic E-state index is 0.120. The van der Waals surface area contributed by atoms with Gasteiger partial charge in [-0.1, -0.05) is 29.5 Å². The lowest BCUT2D eigenvalue weighted by atomic mass is 9.90. The summed E-state index contributed by atoms with van der Waals surface area (Å²) in [7, 11) is 0. The highest BCUT2D eigenvalue weighted by molar-refractivity contribution is 5.91. The van der Waals surface area contributed by atoms with Gasteiger partial charge in [0, 0.05) is 12.1 Å². The molecule has 1 aliphatic carbocycles. The molecular formula is C20H20N4O2. The summed E-state index contributed by atoms with van der Waals surface area (Å²) in [5.41, 5.74) is 3.80. The fourth-order valence-electron chi connectivity index (χ4n) is 3.49. The van der Waals surface area contributed by atoms with Crippen LogP contribution in [0.3, 0.4) is 0 Å². The molecule has 0 bridgehead atoms. The lowest BCUT2D eigenvalue weighted by molar-refractivity contribution is -0.116. The van der Waals surface area contributed by atoms with E-state index in [1.807, 2.05) is 18.2 Å². The zero-order valence-electron chi connectivity index (χ0n) is 14.4. The second kappa shape index (κ2) is 7.07. The van der Waals surface area contributed by atoms with Gasteiger partial charge in [-0.05, 0) is 55.0 Å². The van der Waals surface area contributed by atoms with Crippen LogP contribution in [0.4, 0.5) is 5.69 Å². The van der Waals surface area contributed by atoms with Gasteiger partial charge in [0.1, 0.15) is 5.52 Å². The molecule has 4 rings (SSSR count). The molecule has 1 amide bonds. The number of nitrogens with zero attached hydrogens (tertiary/aromatic N) is 3. The van der Waals surface area contributed by atoms with E-state index in [1.165, 1.54) is 22.2 Å². The van der Waals surface area contributed by atoms with Gasteiger partial charge in [0.25, 0.3) is 5.56 Å². The zero-order chi connectivity index (χ0) is 17.9. The fraction of sp³-hybridized carbons (Fsp3) is 0.300. The largest absolute Gasteiger partial charge is 0.326 e. The van der Waals surface area contributed by atoms with Gasteiger partial charge < -0.3 is 5.32 Å². The molecule has 0 saturated heterocycles. The Hall–Kier alpha value is -3.02. The van der Waals surface area contributed by atoms with Crippen LogP contribution in [0.15, 0.2) is 47.3 Å². The van der Waals surface area contributed by atoms with Crippen molar-refractivity contribution in [3.63, 3.8) is 0 Å². The quantitative estimate of drug-likeness (QED) is 0.786. The van der Waals surface area contributed by atoms with Gasteiger partial charge in [-0.25, -0.2) is 4.68 Å². The van der Waals surface area contributed by atoms with E-state index in [2.05, 4.69) is 21.7 Å². The monoisotopic (exact) mass is 348 g/mol. The number of hydrogen-bond acceptors (Lipinski definition) is 4. The van der Waals surface area contributed by atoms with E-state index in [0.29, 0.717) is 10.9 Å². The normalized spacial score (nSPS) is 13.4. The van der Waals surface area contributed by atoms with E-state index < -0.39 is 0 Å². The van der Waals surface area contributed by atoms with Gasteiger partial charge in [0.15, 0.2) is 0 Å². The number of carbonyl (C=O) groups excluding carboxylic acids is 1. The molecule has 0 spiro atoms. The maximum atomic E-state index is 12.4. The predicted octanol–water partition coefficient (Wildman–Crippen LogP) is 2.70. The Kier molecular flexibility index (Phi) is 4.48. The van der Waals surface area contributed by atoms with Crippen molar-refractivity contribution in [2.45, 2.75) is 38.6 Å². The second-order valence-corrected chi connectivity index (χ2v) is 6.58. The van der Waals surface area contributed by atoms with Gasteiger partial charge in [-0.15, -0.1) is 5.10 Å². The number of anilines is 1. The number of aromatic nitrogens is 3. The molecule has 0 saturated carbocycles. The lowest BCUT2D eigenvalue weighted by Gasteiger charge is -2.19. The van der Waals surface area contributed by atoms with Crippen molar-refractivity contribution in [3.05, 3.63) is 63.9 Å². The number of hydrogen-bond donors (Lipinski definition) is 1. The molecule has 6 heteroatoms. The van der Waals surface area contributed by atoms with Crippen LogP contribution in [0.2, 0.25) is 0 Å². The molecule has 0 fully saturated rings. The molecule has 1 aromatic heterocycles. The molecule has 0 unspecified atom stereocenters. The van der Waals surface area contributed by atoms with E-state index >= 15 is 0 Å². The lowest BCUT2D eigenvalue weighted by Crippen LogP contribution is -2.26. The van der Waals surface area contributed by atoms with E-state index in [-0.39, 0.29) is 24.4 Å². The van der Waals surface area contributed by atoms with Crippen molar-refractivity contribution < 1.29 is 4.79 Å².